The van der Waals surface area contributed by atoms with Gasteiger partial charge in [0.1, 0.15) is 6.10 Å². The quantitative estimate of drug-likeness (QED) is 0.274. The number of carbonyl (C=O) groups is 3. The molecule has 0 bridgehead atoms. The molecule has 2 aliphatic rings. The molecule has 1 N–H and O–H groups in total. The molecule has 0 spiro atoms. The number of aliphatic hydroxyl groups excluding tert-OH is 1. The average molecular weight is 538 g/mol. The van der Waals surface area contributed by atoms with Crippen LogP contribution in [-0.4, -0.2) is 71.2 Å². The first-order chi connectivity index (χ1) is 17.7. The van der Waals surface area contributed by atoms with Gasteiger partial charge >= 0.3 is 5.97 Å². The van der Waals surface area contributed by atoms with Crippen molar-refractivity contribution in [2.75, 3.05) is 7.11 Å². The summed E-state index contributed by atoms with van der Waals surface area (Å²) in [5.41, 5.74) is 0.661. The number of methoxy groups -OCH3 is 1. The standard InChI is InChI=1S/C29H47NO8/c1-18(17-29(6,7)37-22(5)28(35-8)21(4)31)10-9-11-19(2)27-20(3)12-13-23(36-27)16-26(34)38-30-24(32)14-15-25(30)33/h9-11,18,20-23,27-28,31H,12-17H2,1-8H3/b10-9+,19-11+/t18-,20+,21-,22-,23-,27-,28+/m1/s1. The SMILES string of the molecule is CO[C@@H]([C@@H](C)O)[C@@H](C)OC(C)(C)C[C@H](C)/C=C/C=C(\C)[C@H]1O[C@@H](CC(=O)ON2C(=O)CCC2=O)CC[C@@H]1C. The maximum atomic E-state index is 12.3. The molecular weight excluding hydrogens is 490 g/mol. The third-order valence-corrected chi connectivity index (χ3v) is 7.17. The number of aliphatic hydroxyl groups is 1. The van der Waals surface area contributed by atoms with Gasteiger partial charge in [-0.2, -0.15) is 0 Å². The van der Waals surface area contributed by atoms with E-state index in [0.29, 0.717) is 17.4 Å². The fourth-order valence-corrected chi connectivity index (χ4v) is 5.43. The molecule has 9 nitrogen and oxygen atoms in total. The average Bonchev–Trinajstić information content (AvgIpc) is 3.11. The molecule has 2 saturated heterocycles. The van der Waals surface area contributed by atoms with Crippen molar-refractivity contribution >= 4 is 17.8 Å². The molecular formula is C29H47NO8. The van der Waals surface area contributed by atoms with E-state index in [1.165, 1.54) is 0 Å². The Labute approximate surface area is 227 Å². The monoisotopic (exact) mass is 537 g/mol. The topological polar surface area (TPSA) is 112 Å². The summed E-state index contributed by atoms with van der Waals surface area (Å²) in [6.07, 6.45) is 7.02. The number of allylic oxidation sites excluding steroid dienone is 3. The van der Waals surface area contributed by atoms with E-state index in [1.807, 2.05) is 39.8 Å². The first-order valence-corrected chi connectivity index (χ1v) is 13.7. The second kappa shape index (κ2) is 14.4. The number of ether oxygens (including phenoxy) is 3. The lowest BCUT2D eigenvalue weighted by molar-refractivity contribution is -0.200. The molecule has 0 unspecified atom stereocenters. The maximum Gasteiger partial charge on any atom is 0.335 e. The van der Waals surface area contributed by atoms with Crippen molar-refractivity contribution in [1.29, 1.82) is 0 Å². The van der Waals surface area contributed by atoms with Gasteiger partial charge in [0.05, 0.1) is 36.4 Å². The Hall–Kier alpha value is -2.07. The Balaban J connectivity index is 1.89. The molecule has 0 aromatic carbocycles. The van der Waals surface area contributed by atoms with Gasteiger partial charge in [0, 0.05) is 20.0 Å². The second-order valence-electron chi connectivity index (χ2n) is 11.5. The van der Waals surface area contributed by atoms with Crippen LogP contribution in [0.2, 0.25) is 0 Å². The van der Waals surface area contributed by atoms with Gasteiger partial charge in [0.15, 0.2) is 0 Å². The zero-order valence-corrected chi connectivity index (χ0v) is 24.3. The van der Waals surface area contributed by atoms with E-state index in [1.54, 1.807) is 14.0 Å². The molecule has 7 atom stereocenters. The lowest BCUT2D eigenvalue weighted by Crippen LogP contribution is -2.42. The zero-order chi connectivity index (χ0) is 28.6. The van der Waals surface area contributed by atoms with Gasteiger partial charge in [0.2, 0.25) is 0 Å². The van der Waals surface area contributed by atoms with Crippen LogP contribution in [0.1, 0.15) is 87.0 Å². The number of imide groups is 1. The van der Waals surface area contributed by atoms with E-state index in [-0.39, 0.29) is 49.6 Å². The predicted octanol–water partition coefficient (Wildman–Crippen LogP) is 4.28. The molecule has 0 aliphatic carbocycles. The molecule has 0 radical (unpaired) electrons. The predicted molar refractivity (Wildman–Crippen MR) is 143 cm³/mol. The van der Waals surface area contributed by atoms with E-state index in [2.05, 4.69) is 19.9 Å². The fraction of sp³-hybridized carbons (Fsp3) is 0.759. The highest BCUT2D eigenvalue weighted by Crippen LogP contribution is 2.31. The Morgan fingerprint density at radius 3 is 2.39 bits per heavy atom. The van der Waals surface area contributed by atoms with Crippen LogP contribution < -0.4 is 0 Å². The first-order valence-electron chi connectivity index (χ1n) is 13.7. The lowest BCUT2D eigenvalue weighted by Gasteiger charge is -2.35. The Morgan fingerprint density at radius 1 is 1.18 bits per heavy atom. The van der Waals surface area contributed by atoms with E-state index in [4.69, 9.17) is 19.0 Å². The van der Waals surface area contributed by atoms with Gasteiger partial charge in [-0.25, -0.2) is 4.79 Å². The molecule has 2 fully saturated rings. The summed E-state index contributed by atoms with van der Waals surface area (Å²) in [5, 5.41) is 10.5. The van der Waals surface area contributed by atoms with Crippen molar-refractivity contribution in [3.05, 3.63) is 23.8 Å². The molecule has 216 valence electrons. The summed E-state index contributed by atoms with van der Waals surface area (Å²) in [7, 11) is 1.58. The fourth-order valence-electron chi connectivity index (χ4n) is 5.43. The van der Waals surface area contributed by atoms with Crippen molar-refractivity contribution in [2.45, 2.75) is 123 Å². The normalized spacial score (nSPS) is 26.5. The summed E-state index contributed by atoms with van der Waals surface area (Å²) < 4.78 is 17.8. The number of rotatable bonds is 13. The molecule has 38 heavy (non-hydrogen) atoms. The van der Waals surface area contributed by atoms with E-state index < -0.39 is 29.5 Å². The van der Waals surface area contributed by atoms with Crippen LogP contribution in [0.3, 0.4) is 0 Å². The molecule has 9 heteroatoms. The van der Waals surface area contributed by atoms with Gasteiger partial charge in [-0.3, -0.25) is 9.59 Å². The summed E-state index contributed by atoms with van der Waals surface area (Å²) >= 11 is 0. The highest BCUT2D eigenvalue weighted by Gasteiger charge is 2.35. The summed E-state index contributed by atoms with van der Waals surface area (Å²) in [6, 6.07) is 0. The molecule has 0 aromatic rings. The van der Waals surface area contributed by atoms with Crippen molar-refractivity contribution < 1.29 is 38.5 Å². The van der Waals surface area contributed by atoms with Gasteiger partial charge in [-0.1, -0.05) is 32.1 Å². The Kier molecular flexibility index (Phi) is 12.1. The van der Waals surface area contributed by atoms with Crippen LogP contribution in [-0.2, 0) is 33.4 Å². The van der Waals surface area contributed by atoms with Gasteiger partial charge in [-0.05, 0) is 71.3 Å². The largest absolute Gasteiger partial charge is 0.391 e. The van der Waals surface area contributed by atoms with Crippen LogP contribution in [0, 0.1) is 11.8 Å². The number of hydroxylamine groups is 2. The van der Waals surface area contributed by atoms with Gasteiger partial charge in [0.25, 0.3) is 11.8 Å². The van der Waals surface area contributed by atoms with Gasteiger partial charge in [-0.15, -0.1) is 5.06 Å². The van der Waals surface area contributed by atoms with E-state index in [0.717, 1.165) is 18.4 Å². The van der Waals surface area contributed by atoms with Crippen LogP contribution >= 0.6 is 0 Å². The molecule has 2 rings (SSSR count). The number of hydrogen-bond donors (Lipinski definition) is 1. The molecule has 0 saturated carbocycles. The molecule has 2 aliphatic heterocycles. The van der Waals surface area contributed by atoms with Crippen LogP contribution in [0.5, 0.6) is 0 Å². The molecule has 2 heterocycles. The molecule has 2 amide bonds. The highest BCUT2D eigenvalue weighted by atomic mass is 16.7. The minimum absolute atomic E-state index is 0.00702. The zero-order valence-electron chi connectivity index (χ0n) is 24.3. The van der Waals surface area contributed by atoms with Gasteiger partial charge < -0.3 is 24.2 Å². The number of hydrogen-bond acceptors (Lipinski definition) is 8. The second-order valence-corrected chi connectivity index (χ2v) is 11.5. The van der Waals surface area contributed by atoms with E-state index in [9.17, 15) is 19.5 Å². The van der Waals surface area contributed by atoms with Crippen molar-refractivity contribution in [3.8, 4) is 0 Å². The number of amides is 2. The number of carbonyl (C=O) groups excluding carboxylic acids is 3. The summed E-state index contributed by atoms with van der Waals surface area (Å²) in [5.74, 6) is -1.06. The molecule has 0 aromatic heterocycles. The summed E-state index contributed by atoms with van der Waals surface area (Å²) in [4.78, 5) is 40.7. The van der Waals surface area contributed by atoms with Crippen molar-refractivity contribution in [3.63, 3.8) is 0 Å². The first kappa shape index (κ1) is 32.1. The van der Waals surface area contributed by atoms with Crippen LogP contribution in [0.4, 0.5) is 0 Å². The van der Waals surface area contributed by atoms with Crippen LogP contribution in [0.15, 0.2) is 23.8 Å². The van der Waals surface area contributed by atoms with Crippen LogP contribution in [0.25, 0.3) is 0 Å². The maximum absolute atomic E-state index is 12.3. The smallest absolute Gasteiger partial charge is 0.335 e. The minimum Gasteiger partial charge on any atom is -0.391 e. The Bertz CT molecular complexity index is 864. The van der Waals surface area contributed by atoms with Crippen molar-refractivity contribution in [2.24, 2.45) is 11.8 Å². The third-order valence-electron chi connectivity index (χ3n) is 7.17. The summed E-state index contributed by atoms with van der Waals surface area (Å²) in [6.45, 7) is 14.0. The lowest BCUT2D eigenvalue weighted by atomic mass is 9.88. The third kappa shape index (κ3) is 9.59. The van der Waals surface area contributed by atoms with Crippen molar-refractivity contribution in [1.82, 2.24) is 5.06 Å². The van der Waals surface area contributed by atoms with E-state index >= 15 is 0 Å². The minimum atomic E-state index is -0.633. The number of nitrogens with zero attached hydrogens (tertiary/aromatic N) is 1. The highest BCUT2D eigenvalue weighted by molar-refractivity contribution is 6.01. The Morgan fingerprint density at radius 2 is 1.82 bits per heavy atom.